The minimum absolute atomic E-state index is 0.0173. The minimum Gasteiger partial charge on any atom is -0.351 e. The summed E-state index contributed by atoms with van der Waals surface area (Å²) in [5.74, 6) is -0.313. The second kappa shape index (κ2) is 3.53. The van der Waals surface area contributed by atoms with E-state index in [0.29, 0.717) is 5.56 Å². The van der Waals surface area contributed by atoms with Crippen LogP contribution < -0.4 is 5.73 Å². The summed E-state index contributed by atoms with van der Waals surface area (Å²) in [5.41, 5.74) is 6.82. The van der Waals surface area contributed by atoms with Gasteiger partial charge in [-0.2, -0.15) is 4.98 Å². The molecule has 0 radical (unpaired) electrons. The van der Waals surface area contributed by atoms with Crippen molar-refractivity contribution in [2.75, 3.05) is 5.73 Å². The zero-order valence-corrected chi connectivity index (χ0v) is 8.10. The smallest absolute Gasteiger partial charge is 0.319 e. The fourth-order valence-corrected chi connectivity index (χ4v) is 1.16. The molecule has 0 saturated carbocycles. The number of hydrogen-bond acceptors (Lipinski definition) is 5. The van der Waals surface area contributed by atoms with Crippen molar-refractivity contribution in [1.82, 2.24) is 10.1 Å². The number of nitrogens with zero attached hydrogens (tertiary/aromatic N) is 2. The zero-order valence-electron chi connectivity index (χ0n) is 8.10. The highest BCUT2D eigenvalue weighted by atomic mass is 16.5. The molecule has 2 aromatic rings. The summed E-state index contributed by atoms with van der Waals surface area (Å²) in [4.78, 5) is 15.4. The van der Waals surface area contributed by atoms with Crippen LogP contribution in [0.4, 0.5) is 6.01 Å². The third-order valence-electron chi connectivity index (χ3n) is 1.96. The molecule has 15 heavy (non-hydrogen) atoms. The highest BCUT2D eigenvalue weighted by Gasteiger charge is 2.14. The Hall–Kier alpha value is -2.17. The number of rotatable bonds is 2. The molecule has 0 aliphatic rings. The van der Waals surface area contributed by atoms with Crippen LogP contribution >= 0.6 is 0 Å². The Morgan fingerprint density at radius 2 is 2.00 bits per heavy atom. The average Bonchev–Trinajstić information content (AvgIpc) is 2.65. The van der Waals surface area contributed by atoms with Crippen LogP contribution in [0.15, 0.2) is 28.8 Å². The van der Waals surface area contributed by atoms with Crippen molar-refractivity contribution in [1.29, 1.82) is 0 Å². The number of carbonyl (C=O) groups is 1. The van der Waals surface area contributed by atoms with Crippen LogP contribution in [0.5, 0.6) is 0 Å². The van der Waals surface area contributed by atoms with E-state index in [1.807, 2.05) is 19.1 Å². The first kappa shape index (κ1) is 9.39. The Morgan fingerprint density at radius 3 is 2.53 bits per heavy atom. The topological polar surface area (TPSA) is 82.0 Å². The standard InChI is InChI=1S/C10H9N3O2/c1-6-2-4-7(5-3-6)8(14)9-12-10(11)15-13-9/h2-5H,1H3,(H2,11,12,13). The largest absolute Gasteiger partial charge is 0.351 e. The second-order valence-corrected chi connectivity index (χ2v) is 3.15. The molecule has 1 heterocycles. The molecule has 0 fully saturated rings. The lowest BCUT2D eigenvalue weighted by molar-refractivity contribution is 0.102. The Morgan fingerprint density at radius 1 is 1.33 bits per heavy atom. The molecule has 0 saturated heterocycles. The van der Waals surface area contributed by atoms with Gasteiger partial charge in [0.2, 0.25) is 11.6 Å². The molecule has 5 nitrogen and oxygen atoms in total. The fraction of sp³-hybridized carbons (Fsp3) is 0.100. The predicted octanol–water partition coefficient (Wildman–Crippen LogP) is 1.19. The highest BCUT2D eigenvalue weighted by Crippen LogP contribution is 2.09. The summed E-state index contributed by atoms with van der Waals surface area (Å²) in [7, 11) is 0. The van der Waals surface area contributed by atoms with E-state index in [1.54, 1.807) is 12.1 Å². The normalized spacial score (nSPS) is 10.2. The number of aryl methyl sites for hydroxylation is 1. The highest BCUT2D eigenvalue weighted by molar-refractivity contribution is 6.06. The van der Waals surface area contributed by atoms with Crippen LogP contribution in [0.3, 0.4) is 0 Å². The van der Waals surface area contributed by atoms with Gasteiger partial charge in [-0.3, -0.25) is 4.79 Å². The van der Waals surface area contributed by atoms with Crippen molar-refractivity contribution in [3.8, 4) is 0 Å². The lowest BCUT2D eigenvalue weighted by Gasteiger charge is -1.96. The first-order valence-corrected chi connectivity index (χ1v) is 4.37. The molecule has 0 spiro atoms. The Bertz CT molecular complexity index is 488. The number of anilines is 1. The molecule has 0 amide bonds. The number of hydrogen-bond donors (Lipinski definition) is 1. The van der Waals surface area contributed by atoms with Crippen LogP contribution in [0.1, 0.15) is 21.7 Å². The Labute approximate surface area is 85.9 Å². The summed E-state index contributed by atoms with van der Waals surface area (Å²) < 4.78 is 4.53. The van der Waals surface area contributed by atoms with E-state index in [9.17, 15) is 4.79 Å². The number of carbonyl (C=O) groups excluding carboxylic acids is 1. The van der Waals surface area contributed by atoms with E-state index >= 15 is 0 Å². The summed E-state index contributed by atoms with van der Waals surface area (Å²) in [6.07, 6.45) is 0. The lowest BCUT2D eigenvalue weighted by Crippen LogP contribution is -2.03. The Balaban J connectivity index is 2.32. The summed E-state index contributed by atoms with van der Waals surface area (Å²) in [6.45, 7) is 1.95. The van der Waals surface area contributed by atoms with Gasteiger partial charge in [0.05, 0.1) is 0 Å². The van der Waals surface area contributed by atoms with Crippen LogP contribution in [-0.4, -0.2) is 15.9 Å². The molecule has 0 bridgehead atoms. The molecule has 0 atom stereocenters. The summed E-state index contributed by atoms with van der Waals surface area (Å²) in [5, 5.41) is 3.45. The maximum Gasteiger partial charge on any atom is 0.319 e. The van der Waals surface area contributed by atoms with Crippen LogP contribution in [-0.2, 0) is 0 Å². The van der Waals surface area contributed by atoms with Crippen molar-refractivity contribution in [2.24, 2.45) is 0 Å². The second-order valence-electron chi connectivity index (χ2n) is 3.15. The lowest BCUT2D eigenvalue weighted by atomic mass is 10.1. The molecule has 0 unspecified atom stereocenters. The first-order chi connectivity index (χ1) is 7.16. The van der Waals surface area contributed by atoms with E-state index < -0.39 is 0 Å². The van der Waals surface area contributed by atoms with E-state index in [0.717, 1.165) is 5.56 Å². The van der Waals surface area contributed by atoms with Crippen molar-refractivity contribution in [2.45, 2.75) is 6.92 Å². The van der Waals surface area contributed by atoms with Gasteiger partial charge in [0.1, 0.15) is 0 Å². The molecule has 76 valence electrons. The maximum atomic E-state index is 11.7. The van der Waals surface area contributed by atoms with Crippen LogP contribution in [0, 0.1) is 6.92 Å². The average molecular weight is 203 g/mol. The number of aromatic nitrogens is 2. The molecule has 1 aromatic carbocycles. The van der Waals surface area contributed by atoms with E-state index in [-0.39, 0.29) is 17.6 Å². The SMILES string of the molecule is Cc1ccc(C(=O)c2noc(N)n2)cc1. The van der Waals surface area contributed by atoms with E-state index in [2.05, 4.69) is 14.7 Å². The van der Waals surface area contributed by atoms with Crippen LogP contribution in [0.25, 0.3) is 0 Å². The Kier molecular flexibility index (Phi) is 2.21. The third kappa shape index (κ3) is 1.85. The minimum atomic E-state index is -0.296. The third-order valence-corrected chi connectivity index (χ3v) is 1.96. The van der Waals surface area contributed by atoms with Crippen LogP contribution in [0.2, 0.25) is 0 Å². The molecule has 1 aromatic heterocycles. The van der Waals surface area contributed by atoms with Gasteiger partial charge in [-0.1, -0.05) is 35.0 Å². The molecular formula is C10H9N3O2. The number of benzene rings is 1. The van der Waals surface area contributed by atoms with E-state index in [1.165, 1.54) is 0 Å². The van der Waals surface area contributed by atoms with E-state index in [4.69, 9.17) is 5.73 Å². The van der Waals surface area contributed by atoms with Gasteiger partial charge in [-0.15, -0.1) is 0 Å². The van der Waals surface area contributed by atoms with Crippen molar-refractivity contribution < 1.29 is 9.32 Å². The van der Waals surface area contributed by atoms with Gasteiger partial charge in [-0.05, 0) is 6.92 Å². The summed E-state index contributed by atoms with van der Waals surface area (Å²) in [6, 6.07) is 7.01. The number of nitrogens with two attached hydrogens (primary N) is 1. The molecule has 5 heteroatoms. The fourth-order valence-electron chi connectivity index (χ4n) is 1.16. The predicted molar refractivity (Wildman–Crippen MR) is 53.3 cm³/mol. The van der Waals surface area contributed by atoms with Gasteiger partial charge in [0.15, 0.2) is 0 Å². The molecule has 0 aliphatic heterocycles. The molecule has 2 rings (SSSR count). The maximum absolute atomic E-state index is 11.7. The van der Waals surface area contributed by atoms with Crippen molar-refractivity contribution in [3.05, 3.63) is 41.2 Å². The van der Waals surface area contributed by atoms with Crippen molar-refractivity contribution in [3.63, 3.8) is 0 Å². The first-order valence-electron chi connectivity index (χ1n) is 4.37. The van der Waals surface area contributed by atoms with Crippen molar-refractivity contribution >= 4 is 11.8 Å². The zero-order chi connectivity index (χ0) is 10.8. The van der Waals surface area contributed by atoms with Gasteiger partial charge in [-0.25, -0.2) is 0 Å². The number of ketones is 1. The molecule has 0 aliphatic carbocycles. The van der Waals surface area contributed by atoms with Gasteiger partial charge in [0, 0.05) is 5.56 Å². The molecular weight excluding hydrogens is 194 g/mol. The van der Waals surface area contributed by atoms with Gasteiger partial charge in [0.25, 0.3) is 0 Å². The van der Waals surface area contributed by atoms with Gasteiger partial charge >= 0.3 is 6.01 Å². The van der Waals surface area contributed by atoms with Gasteiger partial charge < -0.3 is 10.3 Å². The monoisotopic (exact) mass is 203 g/mol. The quantitative estimate of drug-likeness (QED) is 0.741. The molecule has 2 N–H and O–H groups in total. The number of nitrogen functional groups attached to an aromatic ring is 1. The summed E-state index contributed by atoms with van der Waals surface area (Å²) >= 11 is 0.